The zero-order chi connectivity index (χ0) is 18.1. The van der Waals surface area contributed by atoms with Gasteiger partial charge in [-0.25, -0.2) is 0 Å². The van der Waals surface area contributed by atoms with Gasteiger partial charge in [0.1, 0.15) is 0 Å². The number of rotatable bonds is 8. The van der Waals surface area contributed by atoms with Gasteiger partial charge in [0.15, 0.2) is 0 Å². The Kier molecular flexibility index (Phi) is 7.88. The van der Waals surface area contributed by atoms with Gasteiger partial charge in [-0.3, -0.25) is 9.59 Å². The second kappa shape index (κ2) is 10.2. The number of anilines is 1. The summed E-state index contributed by atoms with van der Waals surface area (Å²) in [6, 6.07) is 7.13. The molecular weight excluding hydrogens is 316 g/mol. The van der Waals surface area contributed by atoms with E-state index in [4.69, 9.17) is 0 Å². The molecule has 0 atom stereocenters. The van der Waals surface area contributed by atoms with Crippen LogP contribution in [0.2, 0.25) is 0 Å². The van der Waals surface area contributed by atoms with Crippen LogP contribution >= 0.6 is 0 Å². The standard InChI is InChI=1S/C19H30N4O2/c1-3-20-15-18(24)21-17-9-7-8-16(14-17)19(25)22(2)12-13-23-10-5-4-6-11-23/h7-9,14,20H,3-6,10-13,15H2,1-2H3,(H,21,24). The first-order chi connectivity index (χ1) is 12.1. The molecule has 6 heteroatoms. The van der Waals surface area contributed by atoms with Crippen molar-refractivity contribution >= 4 is 17.5 Å². The number of piperidine rings is 1. The Morgan fingerprint density at radius 2 is 1.96 bits per heavy atom. The van der Waals surface area contributed by atoms with Crippen LogP contribution in [-0.2, 0) is 4.79 Å². The average molecular weight is 346 g/mol. The fraction of sp³-hybridized carbons (Fsp3) is 0.579. The van der Waals surface area contributed by atoms with Crippen LogP contribution in [0, 0.1) is 0 Å². The van der Waals surface area contributed by atoms with Crippen LogP contribution in [0.4, 0.5) is 5.69 Å². The van der Waals surface area contributed by atoms with Crippen molar-refractivity contribution < 1.29 is 9.59 Å². The highest BCUT2D eigenvalue weighted by Crippen LogP contribution is 2.13. The summed E-state index contributed by atoms with van der Waals surface area (Å²) >= 11 is 0. The quantitative estimate of drug-likeness (QED) is 0.753. The third kappa shape index (κ3) is 6.48. The Hall–Kier alpha value is -1.92. The van der Waals surface area contributed by atoms with E-state index < -0.39 is 0 Å². The Labute approximate surface area is 150 Å². The first-order valence-corrected chi connectivity index (χ1v) is 9.18. The fourth-order valence-corrected chi connectivity index (χ4v) is 2.97. The van der Waals surface area contributed by atoms with Crippen molar-refractivity contribution in [3.05, 3.63) is 29.8 Å². The van der Waals surface area contributed by atoms with Crippen LogP contribution in [-0.4, -0.2) is 67.9 Å². The van der Waals surface area contributed by atoms with Gasteiger partial charge < -0.3 is 20.4 Å². The summed E-state index contributed by atoms with van der Waals surface area (Å²) in [5.74, 6) is -0.121. The number of carbonyl (C=O) groups excluding carboxylic acids is 2. The number of nitrogens with zero attached hydrogens (tertiary/aromatic N) is 2. The lowest BCUT2D eigenvalue weighted by Crippen LogP contribution is -2.38. The van der Waals surface area contributed by atoms with Crippen molar-refractivity contribution in [3.8, 4) is 0 Å². The highest BCUT2D eigenvalue weighted by Gasteiger charge is 2.15. The number of likely N-dealkylation sites (N-methyl/N-ethyl adjacent to an activating group) is 2. The van der Waals surface area contributed by atoms with Gasteiger partial charge in [-0.15, -0.1) is 0 Å². The van der Waals surface area contributed by atoms with E-state index in [9.17, 15) is 9.59 Å². The van der Waals surface area contributed by atoms with E-state index in [0.717, 1.165) is 32.7 Å². The lowest BCUT2D eigenvalue weighted by molar-refractivity contribution is -0.115. The minimum atomic E-state index is -0.107. The molecule has 6 nitrogen and oxygen atoms in total. The van der Waals surface area contributed by atoms with Crippen molar-refractivity contribution in [1.29, 1.82) is 0 Å². The molecule has 0 aromatic heterocycles. The summed E-state index contributed by atoms with van der Waals surface area (Å²) in [7, 11) is 1.84. The van der Waals surface area contributed by atoms with Gasteiger partial charge in [0, 0.05) is 31.4 Å². The van der Waals surface area contributed by atoms with E-state index in [1.807, 2.05) is 14.0 Å². The molecule has 138 valence electrons. The molecule has 0 saturated carbocycles. The second-order valence-electron chi connectivity index (χ2n) is 6.54. The predicted molar refractivity (Wildman–Crippen MR) is 101 cm³/mol. The SMILES string of the molecule is CCNCC(=O)Nc1cccc(C(=O)N(C)CCN2CCCCC2)c1. The normalized spacial score (nSPS) is 15.0. The smallest absolute Gasteiger partial charge is 0.253 e. The summed E-state index contributed by atoms with van der Waals surface area (Å²) in [5, 5.41) is 5.79. The van der Waals surface area contributed by atoms with Gasteiger partial charge in [-0.1, -0.05) is 19.4 Å². The lowest BCUT2D eigenvalue weighted by Gasteiger charge is -2.28. The van der Waals surface area contributed by atoms with E-state index in [1.165, 1.54) is 19.3 Å². The van der Waals surface area contributed by atoms with Gasteiger partial charge >= 0.3 is 0 Å². The van der Waals surface area contributed by atoms with E-state index in [0.29, 0.717) is 11.3 Å². The number of benzene rings is 1. The molecule has 25 heavy (non-hydrogen) atoms. The van der Waals surface area contributed by atoms with Crippen molar-refractivity contribution in [2.75, 3.05) is 51.6 Å². The maximum Gasteiger partial charge on any atom is 0.253 e. The van der Waals surface area contributed by atoms with Crippen LogP contribution < -0.4 is 10.6 Å². The number of hydrogen-bond acceptors (Lipinski definition) is 4. The van der Waals surface area contributed by atoms with Gasteiger partial charge in [-0.2, -0.15) is 0 Å². The highest BCUT2D eigenvalue weighted by atomic mass is 16.2. The van der Waals surface area contributed by atoms with E-state index in [2.05, 4.69) is 15.5 Å². The Balaban J connectivity index is 1.87. The molecule has 0 unspecified atom stereocenters. The molecule has 0 aliphatic carbocycles. The van der Waals surface area contributed by atoms with E-state index in [1.54, 1.807) is 29.2 Å². The predicted octanol–water partition coefficient (Wildman–Crippen LogP) is 1.79. The largest absolute Gasteiger partial charge is 0.340 e. The Morgan fingerprint density at radius 1 is 1.20 bits per heavy atom. The first-order valence-electron chi connectivity index (χ1n) is 9.18. The first kappa shape index (κ1) is 19.4. The van der Waals surface area contributed by atoms with Crippen molar-refractivity contribution in [3.63, 3.8) is 0 Å². The second-order valence-corrected chi connectivity index (χ2v) is 6.54. The van der Waals surface area contributed by atoms with Crippen molar-refractivity contribution in [2.24, 2.45) is 0 Å². The minimum Gasteiger partial charge on any atom is -0.340 e. The van der Waals surface area contributed by atoms with Gasteiger partial charge in [0.05, 0.1) is 6.54 Å². The monoisotopic (exact) mass is 346 g/mol. The number of amides is 2. The van der Waals surface area contributed by atoms with Crippen LogP contribution in [0.25, 0.3) is 0 Å². The van der Waals surface area contributed by atoms with Crippen LogP contribution in [0.3, 0.4) is 0 Å². The van der Waals surface area contributed by atoms with Crippen molar-refractivity contribution in [1.82, 2.24) is 15.1 Å². The highest BCUT2D eigenvalue weighted by molar-refractivity contribution is 5.97. The Bertz CT molecular complexity index is 570. The third-order valence-corrected chi connectivity index (χ3v) is 4.48. The van der Waals surface area contributed by atoms with E-state index in [-0.39, 0.29) is 18.4 Å². The molecule has 1 aromatic carbocycles. The molecule has 1 saturated heterocycles. The molecule has 1 heterocycles. The summed E-state index contributed by atoms with van der Waals surface area (Å²) < 4.78 is 0. The summed E-state index contributed by atoms with van der Waals surface area (Å²) in [6.07, 6.45) is 3.83. The van der Waals surface area contributed by atoms with Crippen LogP contribution in [0.5, 0.6) is 0 Å². The van der Waals surface area contributed by atoms with Gasteiger partial charge in [0.25, 0.3) is 5.91 Å². The maximum atomic E-state index is 12.6. The number of hydrogen-bond donors (Lipinski definition) is 2. The van der Waals surface area contributed by atoms with Crippen LogP contribution in [0.15, 0.2) is 24.3 Å². The Morgan fingerprint density at radius 3 is 2.68 bits per heavy atom. The van der Waals surface area contributed by atoms with Crippen LogP contribution in [0.1, 0.15) is 36.5 Å². The average Bonchev–Trinajstić information content (AvgIpc) is 2.65. The fourth-order valence-electron chi connectivity index (χ4n) is 2.97. The van der Waals surface area contributed by atoms with E-state index >= 15 is 0 Å². The molecule has 0 bridgehead atoms. The maximum absolute atomic E-state index is 12.6. The van der Waals surface area contributed by atoms with Crippen molar-refractivity contribution in [2.45, 2.75) is 26.2 Å². The summed E-state index contributed by atoms with van der Waals surface area (Å²) in [5.41, 5.74) is 1.25. The molecule has 0 spiro atoms. The number of likely N-dealkylation sites (tertiary alicyclic amines) is 1. The number of carbonyl (C=O) groups is 2. The third-order valence-electron chi connectivity index (χ3n) is 4.48. The number of nitrogens with one attached hydrogen (secondary N) is 2. The lowest BCUT2D eigenvalue weighted by atomic mass is 10.1. The van der Waals surface area contributed by atoms with Gasteiger partial charge in [-0.05, 0) is 50.7 Å². The molecule has 2 N–H and O–H groups in total. The summed E-state index contributed by atoms with van der Waals surface area (Å²) in [4.78, 5) is 28.6. The summed E-state index contributed by atoms with van der Waals surface area (Å²) in [6.45, 7) is 6.87. The molecule has 0 radical (unpaired) electrons. The molecule has 2 rings (SSSR count). The minimum absolute atomic E-state index is 0.0141. The molecule has 1 fully saturated rings. The molecule has 1 aliphatic rings. The molecule has 1 aromatic rings. The molecular formula is C19H30N4O2. The van der Waals surface area contributed by atoms with Gasteiger partial charge in [0.2, 0.25) is 5.91 Å². The zero-order valence-electron chi connectivity index (χ0n) is 15.4. The topological polar surface area (TPSA) is 64.7 Å². The molecule has 2 amide bonds. The molecule has 1 aliphatic heterocycles. The zero-order valence-corrected chi connectivity index (χ0v) is 15.4.